The minimum absolute atomic E-state index is 0.0996. The zero-order valence-corrected chi connectivity index (χ0v) is 12.9. The SMILES string of the molecule is O=C(COC(=O)c1ccc(-c2nnco2)cc1)NC(=O)NCC(F)(F)F. The molecule has 12 heteroatoms. The van der Waals surface area contributed by atoms with Crippen molar-refractivity contribution in [3.8, 4) is 11.5 Å². The highest BCUT2D eigenvalue weighted by atomic mass is 19.4. The lowest BCUT2D eigenvalue weighted by molar-refractivity contribution is -0.125. The first-order valence-corrected chi connectivity index (χ1v) is 6.93. The van der Waals surface area contributed by atoms with Gasteiger partial charge in [-0.25, -0.2) is 9.59 Å². The summed E-state index contributed by atoms with van der Waals surface area (Å²) in [4.78, 5) is 34.2. The molecule has 2 rings (SSSR count). The number of amides is 3. The molecule has 2 aromatic rings. The predicted molar refractivity (Wildman–Crippen MR) is 77.6 cm³/mol. The number of hydrogen-bond donors (Lipinski definition) is 2. The highest BCUT2D eigenvalue weighted by molar-refractivity contribution is 5.97. The second kappa shape index (κ2) is 8.09. The molecule has 0 radical (unpaired) electrons. The average molecular weight is 372 g/mol. The Bertz CT molecular complexity index is 775. The smallest absolute Gasteiger partial charge is 0.405 e. The van der Waals surface area contributed by atoms with Crippen LogP contribution >= 0.6 is 0 Å². The molecule has 26 heavy (non-hydrogen) atoms. The molecule has 0 saturated heterocycles. The van der Waals surface area contributed by atoms with Crippen molar-refractivity contribution >= 4 is 17.9 Å². The van der Waals surface area contributed by atoms with E-state index in [2.05, 4.69) is 14.9 Å². The quantitative estimate of drug-likeness (QED) is 0.758. The zero-order valence-electron chi connectivity index (χ0n) is 12.9. The average Bonchev–Trinajstić information content (AvgIpc) is 3.12. The van der Waals surface area contributed by atoms with Crippen molar-refractivity contribution in [1.82, 2.24) is 20.8 Å². The number of urea groups is 1. The summed E-state index contributed by atoms with van der Waals surface area (Å²) in [6.45, 7) is -2.44. The summed E-state index contributed by atoms with van der Waals surface area (Å²) in [6, 6.07) is 4.43. The molecule has 0 aliphatic rings. The lowest BCUT2D eigenvalue weighted by atomic mass is 10.1. The summed E-state index contributed by atoms with van der Waals surface area (Å²) in [5, 5.41) is 10.2. The van der Waals surface area contributed by atoms with Crippen molar-refractivity contribution in [3.63, 3.8) is 0 Å². The van der Waals surface area contributed by atoms with Gasteiger partial charge in [0.15, 0.2) is 6.61 Å². The van der Waals surface area contributed by atoms with Gasteiger partial charge in [0.25, 0.3) is 5.91 Å². The van der Waals surface area contributed by atoms with E-state index in [0.29, 0.717) is 5.56 Å². The maximum Gasteiger partial charge on any atom is 0.405 e. The number of rotatable bonds is 5. The van der Waals surface area contributed by atoms with Gasteiger partial charge in [0.1, 0.15) is 6.54 Å². The molecular weight excluding hydrogens is 361 g/mol. The molecule has 3 amide bonds. The van der Waals surface area contributed by atoms with Gasteiger partial charge in [-0.3, -0.25) is 10.1 Å². The Morgan fingerprint density at radius 3 is 2.42 bits per heavy atom. The first-order valence-electron chi connectivity index (χ1n) is 6.93. The van der Waals surface area contributed by atoms with Crippen LogP contribution in [-0.2, 0) is 9.53 Å². The van der Waals surface area contributed by atoms with Crippen LogP contribution in [0.25, 0.3) is 11.5 Å². The van der Waals surface area contributed by atoms with Crippen molar-refractivity contribution in [2.45, 2.75) is 6.18 Å². The van der Waals surface area contributed by atoms with E-state index in [1.54, 1.807) is 5.32 Å². The van der Waals surface area contributed by atoms with Crippen LogP contribution in [0.3, 0.4) is 0 Å². The summed E-state index contributed by atoms with van der Waals surface area (Å²) in [5.74, 6) is -1.71. The van der Waals surface area contributed by atoms with Gasteiger partial charge in [-0.05, 0) is 24.3 Å². The van der Waals surface area contributed by atoms with E-state index in [0.717, 1.165) is 6.39 Å². The molecule has 1 aromatic heterocycles. The second-order valence-corrected chi connectivity index (χ2v) is 4.74. The third-order valence-corrected chi connectivity index (χ3v) is 2.76. The number of aromatic nitrogens is 2. The Kier molecular flexibility index (Phi) is 5.88. The minimum Gasteiger partial charge on any atom is -0.452 e. The molecule has 0 bridgehead atoms. The topological polar surface area (TPSA) is 123 Å². The van der Waals surface area contributed by atoms with Crippen LogP contribution in [0.4, 0.5) is 18.0 Å². The molecule has 0 unspecified atom stereocenters. The molecule has 0 aliphatic heterocycles. The molecular formula is C14H11F3N4O5. The monoisotopic (exact) mass is 372 g/mol. The highest BCUT2D eigenvalue weighted by Crippen LogP contribution is 2.17. The van der Waals surface area contributed by atoms with Crippen molar-refractivity contribution < 1.29 is 36.7 Å². The molecule has 0 fully saturated rings. The van der Waals surface area contributed by atoms with Gasteiger partial charge < -0.3 is 14.5 Å². The minimum atomic E-state index is -4.61. The van der Waals surface area contributed by atoms with Gasteiger partial charge in [0.05, 0.1) is 5.56 Å². The van der Waals surface area contributed by atoms with E-state index in [4.69, 9.17) is 4.42 Å². The molecule has 138 valence electrons. The number of halogens is 3. The van der Waals surface area contributed by atoms with Crippen molar-refractivity contribution in [1.29, 1.82) is 0 Å². The van der Waals surface area contributed by atoms with Crippen molar-refractivity contribution in [2.24, 2.45) is 0 Å². The number of benzene rings is 1. The second-order valence-electron chi connectivity index (χ2n) is 4.74. The number of imide groups is 1. The van der Waals surface area contributed by atoms with Crippen molar-refractivity contribution in [3.05, 3.63) is 36.2 Å². The predicted octanol–water partition coefficient (Wildman–Crippen LogP) is 1.28. The maximum absolute atomic E-state index is 11.9. The van der Waals surface area contributed by atoms with E-state index in [1.165, 1.54) is 29.6 Å². The third kappa shape index (κ3) is 5.89. The third-order valence-electron chi connectivity index (χ3n) is 2.76. The normalized spacial score (nSPS) is 10.9. The van der Waals surface area contributed by atoms with Crippen LogP contribution in [0.5, 0.6) is 0 Å². The zero-order chi connectivity index (χ0) is 19.2. The summed E-state index contributed by atoms with van der Waals surface area (Å²) < 4.78 is 45.3. The van der Waals surface area contributed by atoms with Gasteiger partial charge in [-0.1, -0.05) is 0 Å². The van der Waals surface area contributed by atoms with Gasteiger partial charge in [-0.15, -0.1) is 10.2 Å². The number of esters is 1. The molecule has 1 aromatic carbocycles. The first kappa shape index (κ1) is 18.9. The Morgan fingerprint density at radius 2 is 1.85 bits per heavy atom. The molecule has 0 aliphatic carbocycles. The lowest BCUT2D eigenvalue weighted by Gasteiger charge is -2.09. The number of carbonyl (C=O) groups is 3. The fourth-order valence-electron chi connectivity index (χ4n) is 1.65. The number of ether oxygens (including phenoxy) is 1. The summed E-state index contributed by atoms with van der Waals surface area (Å²) in [5.41, 5.74) is 0.653. The Morgan fingerprint density at radius 1 is 1.15 bits per heavy atom. The lowest BCUT2D eigenvalue weighted by Crippen LogP contribution is -2.44. The first-order chi connectivity index (χ1) is 12.2. The van der Waals surface area contributed by atoms with Gasteiger partial charge in [0, 0.05) is 5.56 Å². The summed E-state index contributed by atoms with van der Waals surface area (Å²) in [7, 11) is 0. The van der Waals surface area contributed by atoms with Gasteiger partial charge in [0.2, 0.25) is 12.3 Å². The van der Waals surface area contributed by atoms with Crippen LogP contribution in [0.1, 0.15) is 10.4 Å². The fraction of sp³-hybridized carbons (Fsp3) is 0.214. The van der Waals surface area contributed by atoms with Gasteiger partial charge in [-0.2, -0.15) is 13.2 Å². The molecule has 0 spiro atoms. The van der Waals surface area contributed by atoms with Crippen LogP contribution in [0.15, 0.2) is 35.1 Å². The number of nitrogens with one attached hydrogen (secondary N) is 2. The largest absolute Gasteiger partial charge is 0.452 e. The van der Waals surface area contributed by atoms with Crippen LogP contribution in [-0.4, -0.2) is 47.4 Å². The summed E-state index contributed by atoms with van der Waals surface area (Å²) >= 11 is 0. The van der Waals surface area contributed by atoms with Crippen LogP contribution in [0, 0.1) is 0 Å². The standard InChI is InChI=1S/C14H11F3N4O5/c15-14(16,17)6-18-13(24)20-10(22)5-25-12(23)9-3-1-8(2-4-9)11-21-19-7-26-11/h1-4,7H,5-6H2,(H2,18,20,22,24). The molecule has 0 saturated carbocycles. The van der Waals surface area contributed by atoms with E-state index in [9.17, 15) is 27.6 Å². The number of hydrogen-bond acceptors (Lipinski definition) is 7. The number of nitrogens with zero attached hydrogens (tertiary/aromatic N) is 2. The van der Waals surface area contributed by atoms with Gasteiger partial charge >= 0.3 is 18.2 Å². The van der Waals surface area contributed by atoms with E-state index >= 15 is 0 Å². The number of carbonyl (C=O) groups excluding carboxylic acids is 3. The summed E-state index contributed by atoms with van der Waals surface area (Å²) in [6.07, 6.45) is -3.47. The highest BCUT2D eigenvalue weighted by Gasteiger charge is 2.28. The molecule has 9 nitrogen and oxygen atoms in total. The Hall–Kier alpha value is -3.44. The fourth-order valence-corrected chi connectivity index (χ4v) is 1.65. The van der Waals surface area contributed by atoms with Crippen molar-refractivity contribution in [2.75, 3.05) is 13.2 Å². The van der Waals surface area contributed by atoms with Crippen LogP contribution in [0.2, 0.25) is 0 Å². The Balaban J connectivity index is 1.79. The molecule has 0 atom stereocenters. The Labute approximate surface area is 143 Å². The van der Waals surface area contributed by atoms with Crippen LogP contribution < -0.4 is 10.6 Å². The van der Waals surface area contributed by atoms with E-state index < -0.39 is 37.2 Å². The number of alkyl halides is 3. The molecule has 2 N–H and O–H groups in total. The van der Waals surface area contributed by atoms with E-state index in [-0.39, 0.29) is 11.5 Å². The van der Waals surface area contributed by atoms with E-state index in [1.807, 2.05) is 0 Å². The molecule has 1 heterocycles. The maximum atomic E-state index is 11.9.